The Bertz CT molecular complexity index is 1200. The number of ether oxygens (including phenoxy) is 1. The fourth-order valence-corrected chi connectivity index (χ4v) is 6.62. The smallest absolute Gasteiger partial charge is 0.337 e. The van der Waals surface area contributed by atoms with Crippen LogP contribution in [0.15, 0.2) is 46.1 Å². The first-order valence-electron chi connectivity index (χ1n) is 9.73. The van der Waals surface area contributed by atoms with E-state index in [0.717, 1.165) is 44.9 Å². The molecule has 3 heterocycles. The van der Waals surface area contributed by atoms with Crippen molar-refractivity contribution in [3.63, 3.8) is 0 Å². The number of hydrogen-bond donors (Lipinski definition) is 1. The number of methoxy groups -OCH3 is 1. The number of nitrogen functional groups attached to an aromatic ring is 1. The molecule has 0 saturated heterocycles. The van der Waals surface area contributed by atoms with Crippen molar-refractivity contribution in [2.24, 2.45) is 0 Å². The first-order chi connectivity index (χ1) is 15.0. The molecule has 0 radical (unpaired) electrons. The van der Waals surface area contributed by atoms with Crippen LogP contribution in [0, 0.1) is 0 Å². The van der Waals surface area contributed by atoms with E-state index in [4.69, 9.17) is 15.5 Å². The monoisotopic (exact) mass is 471 g/mol. The van der Waals surface area contributed by atoms with Crippen molar-refractivity contribution in [1.29, 1.82) is 0 Å². The lowest BCUT2D eigenvalue weighted by atomic mass is 10.0. The number of unbranched alkanes of at least 4 members (excludes halogenated alkanes) is 1. The summed E-state index contributed by atoms with van der Waals surface area (Å²) in [6.45, 7) is 2.07. The minimum absolute atomic E-state index is 0.390. The molecule has 0 spiro atoms. The zero-order valence-corrected chi connectivity index (χ0v) is 19.5. The van der Waals surface area contributed by atoms with Crippen LogP contribution in [-0.2, 0) is 15.9 Å². The molecule has 0 aliphatic rings. The Kier molecular flexibility index (Phi) is 6.57. The highest BCUT2D eigenvalue weighted by Crippen LogP contribution is 2.43. The van der Waals surface area contributed by atoms with Crippen LogP contribution >= 0.6 is 22.7 Å². The molecular weight excluding hydrogens is 450 g/mol. The molecule has 0 amide bonds. The number of rotatable bonds is 7. The van der Waals surface area contributed by atoms with E-state index < -0.39 is 17.1 Å². The maximum Gasteiger partial charge on any atom is 0.337 e. The third kappa shape index (κ3) is 4.31. The van der Waals surface area contributed by atoms with Gasteiger partial charge < -0.3 is 15.0 Å². The van der Waals surface area contributed by atoms with Gasteiger partial charge in [-0.25, -0.2) is 14.8 Å². The summed E-state index contributed by atoms with van der Waals surface area (Å²) < 4.78 is 18.3. The number of hydrogen-bond acceptors (Lipinski definition) is 8. The second-order valence-electron chi connectivity index (χ2n) is 6.85. The number of anilines is 1. The van der Waals surface area contributed by atoms with Crippen molar-refractivity contribution >= 4 is 55.7 Å². The Balaban J connectivity index is 1.89. The van der Waals surface area contributed by atoms with Gasteiger partial charge in [-0.05, 0) is 46.9 Å². The Morgan fingerprint density at radius 1 is 1.29 bits per heavy atom. The van der Waals surface area contributed by atoms with E-state index >= 15 is 0 Å². The number of aromatic nitrogens is 2. The molecule has 31 heavy (non-hydrogen) atoms. The Hall–Kier alpha value is -2.46. The van der Waals surface area contributed by atoms with E-state index in [1.54, 1.807) is 18.3 Å². The molecule has 0 bridgehead atoms. The summed E-state index contributed by atoms with van der Waals surface area (Å²) in [5.74, 6) is 0.189. The average molecular weight is 472 g/mol. The van der Waals surface area contributed by atoms with E-state index in [9.17, 15) is 9.35 Å². The van der Waals surface area contributed by atoms with Crippen LogP contribution in [0.25, 0.3) is 32.0 Å². The molecule has 160 valence electrons. The van der Waals surface area contributed by atoms with Crippen molar-refractivity contribution in [2.45, 2.75) is 24.0 Å². The van der Waals surface area contributed by atoms with Crippen LogP contribution in [0.5, 0.6) is 0 Å². The topological polar surface area (TPSA) is 101 Å². The lowest BCUT2D eigenvalue weighted by molar-refractivity contribution is 0.0600. The third-order valence-electron chi connectivity index (χ3n) is 4.82. The van der Waals surface area contributed by atoms with E-state index in [-0.39, 0.29) is 0 Å². The normalized spacial score (nSPS) is 12.2. The van der Waals surface area contributed by atoms with Crippen LogP contribution in [-0.4, -0.2) is 33.4 Å². The molecule has 4 rings (SSSR count). The summed E-state index contributed by atoms with van der Waals surface area (Å²) in [7, 11) is 1.36. The number of esters is 1. The molecule has 9 heteroatoms. The molecule has 0 aliphatic carbocycles. The lowest BCUT2D eigenvalue weighted by Gasteiger charge is -2.09. The van der Waals surface area contributed by atoms with Crippen molar-refractivity contribution in [3.05, 3.63) is 47.5 Å². The molecular formula is C22H21N3O3S3. The SMILES string of the molecule is CCCC[S+]([O-])c1sc2nc(-c3nccs3)cc(-c3ccc(C(=O)OC)cc3)c2c1N. The van der Waals surface area contributed by atoms with Crippen molar-refractivity contribution in [3.8, 4) is 21.8 Å². The fraction of sp³-hybridized carbons (Fsp3) is 0.227. The Morgan fingerprint density at radius 3 is 2.71 bits per heavy atom. The van der Waals surface area contributed by atoms with E-state index in [2.05, 4.69) is 11.9 Å². The van der Waals surface area contributed by atoms with Crippen molar-refractivity contribution in [2.75, 3.05) is 18.6 Å². The highest BCUT2D eigenvalue weighted by molar-refractivity contribution is 7.93. The number of benzene rings is 1. The Morgan fingerprint density at radius 2 is 2.06 bits per heavy atom. The molecule has 1 atom stereocenters. The molecule has 0 aliphatic heterocycles. The van der Waals surface area contributed by atoms with Gasteiger partial charge in [0.25, 0.3) is 0 Å². The molecule has 6 nitrogen and oxygen atoms in total. The third-order valence-corrected chi connectivity index (χ3v) is 8.61. The van der Waals surface area contributed by atoms with Gasteiger partial charge in [0, 0.05) is 17.0 Å². The number of pyridine rings is 1. The summed E-state index contributed by atoms with van der Waals surface area (Å²) in [4.78, 5) is 21.7. The average Bonchev–Trinajstić information content (AvgIpc) is 3.45. The van der Waals surface area contributed by atoms with Gasteiger partial charge in [0.15, 0.2) is 0 Å². The molecule has 2 N–H and O–H groups in total. The fourth-order valence-electron chi connectivity index (χ4n) is 3.23. The zero-order chi connectivity index (χ0) is 22.0. The van der Waals surface area contributed by atoms with Gasteiger partial charge in [-0.1, -0.05) is 36.8 Å². The molecule has 1 unspecified atom stereocenters. The highest BCUT2D eigenvalue weighted by atomic mass is 32.2. The van der Waals surface area contributed by atoms with Gasteiger partial charge in [0.1, 0.15) is 27.0 Å². The maximum atomic E-state index is 12.9. The minimum Gasteiger partial charge on any atom is -0.611 e. The first kappa shape index (κ1) is 21.8. The van der Waals surface area contributed by atoms with Crippen molar-refractivity contribution in [1.82, 2.24) is 9.97 Å². The van der Waals surface area contributed by atoms with Crippen LogP contribution < -0.4 is 5.73 Å². The van der Waals surface area contributed by atoms with Gasteiger partial charge in [0.05, 0.1) is 12.7 Å². The zero-order valence-electron chi connectivity index (χ0n) is 17.1. The second kappa shape index (κ2) is 9.35. The Labute approximate surface area is 191 Å². The van der Waals surface area contributed by atoms with Crippen molar-refractivity contribution < 1.29 is 14.1 Å². The highest BCUT2D eigenvalue weighted by Gasteiger charge is 2.25. The molecule has 1 aromatic carbocycles. The lowest BCUT2D eigenvalue weighted by Crippen LogP contribution is -2.06. The molecule has 3 aromatic heterocycles. The number of nitrogens with zero attached hydrogens (tertiary/aromatic N) is 2. The van der Waals surface area contributed by atoms with Gasteiger partial charge in [-0.2, -0.15) is 0 Å². The number of fused-ring (bicyclic) bond motifs is 1. The quantitative estimate of drug-likeness (QED) is 0.287. The predicted molar refractivity (Wildman–Crippen MR) is 128 cm³/mol. The largest absolute Gasteiger partial charge is 0.611 e. The number of thiophene rings is 1. The van der Waals surface area contributed by atoms with Crippen LogP contribution in [0.2, 0.25) is 0 Å². The summed E-state index contributed by atoms with van der Waals surface area (Å²) in [6.07, 6.45) is 3.59. The minimum atomic E-state index is -1.17. The van der Waals surface area contributed by atoms with Crippen LogP contribution in [0.3, 0.4) is 0 Å². The van der Waals surface area contributed by atoms with Gasteiger partial charge in [-0.15, -0.1) is 11.3 Å². The number of carbonyl (C=O) groups is 1. The first-order valence-corrected chi connectivity index (χ1v) is 12.7. The standard InChI is InChI=1S/C22H21N3O3S3/c1-3-4-11-31(27)22-18(23)17-15(13-5-7-14(8-6-13)21(26)28-2)12-16(25-20(17)30-22)19-24-9-10-29-19/h5-10,12H,3-4,11,23H2,1-2H3. The number of carbonyl (C=O) groups excluding carboxylic acids is 1. The molecule has 0 fully saturated rings. The maximum absolute atomic E-state index is 12.9. The molecule has 4 aromatic rings. The summed E-state index contributed by atoms with van der Waals surface area (Å²) in [6, 6.07) is 9.11. The predicted octanol–water partition coefficient (Wildman–Crippen LogP) is 5.36. The summed E-state index contributed by atoms with van der Waals surface area (Å²) in [5.41, 5.74) is 9.99. The van der Waals surface area contributed by atoms with E-state index in [0.29, 0.717) is 21.2 Å². The number of thiazole rings is 1. The van der Waals surface area contributed by atoms with Crippen LogP contribution in [0.4, 0.5) is 5.69 Å². The van der Waals surface area contributed by atoms with E-state index in [1.165, 1.54) is 29.8 Å². The van der Waals surface area contributed by atoms with E-state index in [1.807, 2.05) is 23.6 Å². The number of nitrogens with two attached hydrogens (primary N) is 1. The summed E-state index contributed by atoms with van der Waals surface area (Å²) >= 11 is 1.72. The summed E-state index contributed by atoms with van der Waals surface area (Å²) in [5, 5.41) is 3.49. The van der Waals surface area contributed by atoms with Gasteiger partial charge in [0.2, 0.25) is 4.21 Å². The molecule has 0 saturated carbocycles. The van der Waals surface area contributed by atoms with Crippen LogP contribution in [0.1, 0.15) is 30.1 Å². The van der Waals surface area contributed by atoms with Gasteiger partial charge in [-0.3, -0.25) is 0 Å². The van der Waals surface area contributed by atoms with Gasteiger partial charge >= 0.3 is 5.97 Å². The second-order valence-corrected chi connectivity index (χ2v) is 10.5.